The number of aromatic nitrogens is 1. The van der Waals surface area contributed by atoms with Crippen molar-refractivity contribution in [3.05, 3.63) is 30.5 Å². The Morgan fingerprint density at radius 3 is 2.79 bits per heavy atom. The molecule has 1 aliphatic rings. The molecule has 2 aromatic rings. The molecule has 8 nitrogen and oxygen atoms in total. The lowest BCUT2D eigenvalue weighted by molar-refractivity contribution is -0.244. The predicted octanol–water partition coefficient (Wildman–Crippen LogP) is -0.510. The second-order valence-corrected chi connectivity index (χ2v) is 5.75. The zero-order valence-electron chi connectivity index (χ0n) is 13.0. The quantitative estimate of drug-likeness (QED) is 0.512. The van der Waals surface area contributed by atoms with Crippen molar-refractivity contribution in [2.24, 2.45) is 0 Å². The number of fused-ring (bicyclic) bond motifs is 1. The highest BCUT2D eigenvalue weighted by atomic mass is 16.7. The van der Waals surface area contributed by atoms with Crippen molar-refractivity contribution in [2.75, 3.05) is 6.61 Å². The van der Waals surface area contributed by atoms with Gasteiger partial charge in [0.15, 0.2) is 0 Å². The fraction of sp³-hybridized carbons (Fsp3) is 0.438. The van der Waals surface area contributed by atoms with Gasteiger partial charge in [-0.15, -0.1) is 0 Å². The maximum atomic E-state index is 11.4. The third kappa shape index (κ3) is 3.09. The molecule has 0 aliphatic carbocycles. The molecule has 1 aliphatic heterocycles. The number of hydrogen-bond acceptors (Lipinski definition) is 6. The third-order valence-corrected chi connectivity index (χ3v) is 4.05. The fourth-order valence-corrected chi connectivity index (χ4v) is 2.84. The first-order valence-electron chi connectivity index (χ1n) is 7.63. The van der Waals surface area contributed by atoms with Crippen LogP contribution in [0.1, 0.15) is 6.92 Å². The van der Waals surface area contributed by atoms with Gasteiger partial charge in [0.1, 0.15) is 30.1 Å². The van der Waals surface area contributed by atoms with E-state index >= 15 is 0 Å². The zero-order valence-corrected chi connectivity index (χ0v) is 13.0. The van der Waals surface area contributed by atoms with E-state index in [1.54, 1.807) is 6.20 Å². The first-order chi connectivity index (χ1) is 11.5. The first-order valence-corrected chi connectivity index (χ1v) is 7.63. The average Bonchev–Trinajstić information content (AvgIpc) is 2.97. The largest absolute Gasteiger partial charge is 0.460 e. The van der Waals surface area contributed by atoms with Crippen molar-refractivity contribution in [1.29, 1.82) is 0 Å². The summed E-state index contributed by atoms with van der Waals surface area (Å²) in [5, 5.41) is 32.9. The van der Waals surface area contributed by atoms with Gasteiger partial charge in [0.05, 0.1) is 6.61 Å². The Balaban J connectivity index is 1.88. The fourth-order valence-electron chi connectivity index (χ4n) is 2.84. The van der Waals surface area contributed by atoms with Crippen LogP contribution in [-0.2, 0) is 9.53 Å². The molecular weight excluding hydrogens is 316 g/mol. The van der Waals surface area contributed by atoms with Gasteiger partial charge in [0.25, 0.3) is 0 Å². The Kier molecular flexibility index (Phi) is 4.72. The molecule has 0 saturated carbocycles. The number of ether oxygens (including phenoxy) is 2. The summed E-state index contributed by atoms with van der Waals surface area (Å²) in [4.78, 5) is 14.5. The van der Waals surface area contributed by atoms with E-state index in [4.69, 9.17) is 9.47 Å². The van der Waals surface area contributed by atoms with Crippen molar-refractivity contribution < 1.29 is 29.6 Å². The third-order valence-electron chi connectivity index (χ3n) is 4.05. The molecule has 1 aromatic heterocycles. The monoisotopic (exact) mass is 336 g/mol. The number of para-hydroxylation sites is 1. The van der Waals surface area contributed by atoms with E-state index in [1.807, 2.05) is 24.3 Å². The number of nitrogens with one attached hydrogen (secondary N) is 2. The minimum atomic E-state index is -1.34. The maximum absolute atomic E-state index is 11.4. The molecule has 130 valence electrons. The van der Waals surface area contributed by atoms with Crippen LogP contribution in [0.15, 0.2) is 30.5 Å². The normalized spacial score (nSPS) is 30.2. The molecule has 1 fully saturated rings. The summed E-state index contributed by atoms with van der Waals surface area (Å²) in [6.07, 6.45) is -3.11. The zero-order chi connectivity index (χ0) is 17.3. The minimum absolute atomic E-state index is 0.398. The van der Waals surface area contributed by atoms with Crippen molar-refractivity contribution in [1.82, 2.24) is 10.3 Å². The predicted molar refractivity (Wildman–Crippen MR) is 84.3 cm³/mol. The van der Waals surface area contributed by atoms with Crippen LogP contribution in [0.25, 0.3) is 10.9 Å². The van der Waals surface area contributed by atoms with Gasteiger partial charge in [-0.1, -0.05) is 12.1 Å². The highest BCUT2D eigenvalue weighted by Gasteiger charge is 2.46. The number of aliphatic hydroxyl groups is 3. The number of hydrogen-bond donors (Lipinski definition) is 5. The topological polar surface area (TPSA) is 124 Å². The number of carbonyl (C=O) groups excluding carboxylic acids is 1. The van der Waals surface area contributed by atoms with E-state index in [9.17, 15) is 20.1 Å². The summed E-state index contributed by atoms with van der Waals surface area (Å²) in [5.41, 5.74) is 0.860. The van der Waals surface area contributed by atoms with Gasteiger partial charge in [-0.2, -0.15) is 0 Å². The Bertz CT molecular complexity index is 717. The van der Waals surface area contributed by atoms with Crippen LogP contribution in [0, 0.1) is 0 Å². The van der Waals surface area contributed by atoms with Gasteiger partial charge in [-0.3, -0.25) is 4.79 Å². The summed E-state index contributed by atoms with van der Waals surface area (Å²) in [6.45, 7) is 0.804. The lowest BCUT2D eigenvalue weighted by Gasteiger charge is -2.41. The van der Waals surface area contributed by atoms with E-state index in [-0.39, 0.29) is 0 Å². The molecule has 5 N–H and O–H groups in total. The Morgan fingerprint density at radius 2 is 2.08 bits per heavy atom. The number of benzene rings is 1. The first kappa shape index (κ1) is 16.7. The van der Waals surface area contributed by atoms with E-state index in [1.165, 1.54) is 6.92 Å². The highest BCUT2D eigenvalue weighted by molar-refractivity contribution is 5.85. The number of amides is 1. The molecule has 1 saturated heterocycles. The van der Waals surface area contributed by atoms with Crippen molar-refractivity contribution in [2.45, 2.75) is 37.6 Å². The minimum Gasteiger partial charge on any atom is -0.460 e. The number of aliphatic hydroxyl groups excluding tert-OH is 3. The van der Waals surface area contributed by atoms with Crippen LogP contribution in [0.5, 0.6) is 5.75 Å². The number of aromatic amines is 1. The highest BCUT2D eigenvalue weighted by Crippen LogP contribution is 2.29. The molecule has 8 heteroatoms. The van der Waals surface area contributed by atoms with Gasteiger partial charge in [0.2, 0.25) is 12.2 Å². The molecule has 24 heavy (non-hydrogen) atoms. The van der Waals surface area contributed by atoms with Crippen LogP contribution in [0.4, 0.5) is 0 Å². The van der Waals surface area contributed by atoms with Gasteiger partial charge in [-0.25, -0.2) is 0 Å². The summed E-state index contributed by atoms with van der Waals surface area (Å²) >= 11 is 0. The molecule has 2 unspecified atom stereocenters. The molecule has 0 radical (unpaired) electrons. The standard InChI is InChI=1S/C16H20N2O6/c1-8(20)18-13-15(22)14(21)12(7-19)24-16(13)23-11-6-17-10-5-3-2-4-9(10)11/h2-6,12-17,19,21-22H,7H2,1H3,(H,18,20)/t12?,13?,14-,15-,16+/m0/s1. The molecule has 1 amide bonds. The summed E-state index contributed by atoms with van der Waals surface area (Å²) < 4.78 is 11.4. The number of carbonyl (C=O) groups is 1. The number of H-pyrrole nitrogens is 1. The van der Waals surface area contributed by atoms with Gasteiger partial charge >= 0.3 is 0 Å². The maximum Gasteiger partial charge on any atom is 0.223 e. The summed E-state index contributed by atoms with van der Waals surface area (Å²) in [5.74, 6) is 0.0797. The van der Waals surface area contributed by atoms with E-state index in [0.717, 1.165) is 10.9 Å². The lowest BCUT2D eigenvalue weighted by atomic mass is 9.97. The second-order valence-electron chi connectivity index (χ2n) is 5.75. The Labute approximate surface area is 138 Å². The van der Waals surface area contributed by atoms with Crippen molar-refractivity contribution in [3.63, 3.8) is 0 Å². The van der Waals surface area contributed by atoms with Gasteiger partial charge in [0, 0.05) is 24.0 Å². The van der Waals surface area contributed by atoms with Crippen LogP contribution in [-0.4, -0.2) is 63.5 Å². The average molecular weight is 336 g/mol. The molecule has 5 atom stereocenters. The smallest absolute Gasteiger partial charge is 0.223 e. The van der Waals surface area contributed by atoms with Crippen molar-refractivity contribution in [3.8, 4) is 5.75 Å². The summed E-state index contributed by atoms with van der Waals surface area (Å²) in [7, 11) is 0. The molecule has 3 rings (SSSR count). The van der Waals surface area contributed by atoms with E-state index < -0.39 is 43.2 Å². The van der Waals surface area contributed by atoms with Gasteiger partial charge < -0.3 is 35.1 Å². The van der Waals surface area contributed by atoms with Crippen LogP contribution >= 0.6 is 0 Å². The molecule has 1 aromatic carbocycles. The van der Waals surface area contributed by atoms with Crippen LogP contribution < -0.4 is 10.1 Å². The van der Waals surface area contributed by atoms with Gasteiger partial charge in [-0.05, 0) is 12.1 Å². The lowest BCUT2D eigenvalue weighted by Crippen LogP contribution is -2.65. The second kappa shape index (κ2) is 6.78. The van der Waals surface area contributed by atoms with Crippen LogP contribution in [0.2, 0.25) is 0 Å². The van der Waals surface area contributed by atoms with Crippen molar-refractivity contribution >= 4 is 16.8 Å². The van der Waals surface area contributed by atoms with E-state index in [0.29, 0.717) is 5.75 Å². The summed E-state index contributed by atoms with van der Waals surface area (Å²) in [6, 6.07) is 6.48. The Morgan fingerprint density at radius 1 is 1.33 bits per heavy atom. The molecular formula is C16H20N2O6. The molecule has 2 heterocycles. The SMILES string of the molecule is CC(=O)NC1[C@H](Oc2c[nH]c3ccccc23)OC(CO)[C@H](O)[C@H]1O. The molecule has 0 spiro atoms. The molecule has 0 bridgehead atoms. The Hall–Kier alpha value is -2.13. The van der Waals surface area contributed by atoms with E-state index in [2.05, 4.69) is 10.3 Å². The van der Waals surface area contributed by atoms with Crippen LogP contribution in [0.3, 0.4) is 0 Å². The number of rotatable bonds is 4.